The number of benzene rings is 1. The molecule has 0 spiro atoms. The largest absolute Gasteiger partial charge is 0.366 e. The van der Waals surface area contributed by atoms with Gasteiger partial charge in [0.2, 0.25) is 0 Å². The molecular weight excluding hydrogens is 332 g/mol. The maximum absolute atomic E-state index is 14.0. The van der Waals surface area contributed by atoms with Crippen LogP contribution in [0.4, 0.5) is 19.6 Å². The highest BCUT2D eigenvalue weighted by Gasteiger charge is 2.17. The van der Waals surface area contributed by atoms with Crippen LogP contribution in [0.25, 0.3) is 10.4 Å². The molecule has 0 atom stereocenters. The summed E-state index contributed by atoms with van der Waals surface area (Å²) in [5.74, 6) is -1.46. The highest BCUT2D eigenvalue weighted by Crippen LogP contribution is 2.37. The normalized spacial score (nSPS) is 10.6. The first kappa shape index (κ1) is 16.1. The predicted molar refractivity (Wildman–Crippen MR) is 90.4 cm³/mol. The van der Waals surface area contributed by atoms with Crippen LogP contribution in [0.3, 0.4) is 0 Å². The Bertz CT molecular complexity index is 924. The smallest absolute Gasteiger partial charge is 0.251 e. The number of hydrogen-bond donors (Lipinski definition) is 2. The van der Waals surface area contributed by atoms with Crippen LogP contribution in [0.1, 0.15) is 16.1 Å². The molecule has 3 rings (SSSR count). The average Bonchev–Trinajstić information content (AvgIpc) is 2.91. The minimum Gasteiger partial charge on any atom is -0.366 e. The third-order valence-electron chi connectivity index (χ3n) is 3.32. The Labute approximate surface area is 141 Å². The molecule has 7 heteroatoms. The Balaban J connectivity index is 2.03. The molecule has 0 fully saturated rings. The van der Waals surface area contributed by atoms with E-state index in [9.17, 15) is 13.6 Å². The number of halogens is 2. The first-order chi connectivity index (χ1) is 11.4. The van der Waals surface area contributed by atoms with E-state index in [1.54, 1.807) is 6.07 Å². The zero-order chi connectivity index (χ0) is 17.3. The second-order valence-electron chi connectivity index (χ2n) is 5.13. The van der Waals surface area contributed by atoms with Crippen LogP contribution in [0.5, 0.6) is 0 Å². The van der Waals surface area contributed by atoms with Gasteiger partial charge in [0.05, 0.1) is 5.56 Å². The number of rotatable bonds is 4. The number of hydrogen-bond acceptors (Lipinski definition) is 4. The lowest BCUT2D eigenvalue weighted by Gasteiger charge is -2.05. The minimum atomic E-state index is -0.701. The van der Waals surface area contributed by atoms with Crippen molar-refractivity contribution in [1.82, 2.24) is 4.98 Å². The van der Waals surface area contributed by atoms with Crippen LogP contribution in [-0.4, -0.2) is 10.9 Å². The molecule has 0 saturated heterocycles. The van der Waals surface area contributed by atoms with E-state index < -0.39 is 17.5 Å². The van der Waals surface area contributed by atoms with Crippen molar-refractivity contribution in [3.8, 4) is 10.4 Å². The van der Waals surface area contributed by atoms with Crippen LogP contribution >= 0.6 is 11.3 Å². The van der Waals surface area contributed by atoms with Crippen LogP contribution in [0.15, 0.2) is 42.5 Å². The molecule has 0 aliphatic heterocycles. The van der Waals surface area contributed by atoms with Gasteiger partial charge in [-0.05, 0) is 37.3 Å². The van der Waals surface area contributed by atoms with Gasteiger partial charge in [0.1, 0.15) is 22.5 Å². The van der Waals surface area contributed by atoms with Gasteiger partial charge in [0, 0.05) is 22.2 Å². The molecule has 0 saturated carbocycles. The maximum Gasteiger partial charge on any atom is 0.251 e. The van der Waals surface area contributed by atoms with Gasteiger partial charge in [0.15, 0.2) is 0 Å². The highest BCUT2D eigenvalue weighted by molar-refractivity contribution is 7.19. The number of thiophene rings is 1. The second kappa shape index (κ2) is 6.37. The number of amides is 1. The summed E-state index contributed by atoms with van der Waals surface area (Å²) < 4.78 is 27.0. The molecule has 1 amide bonds. The number of carbonyl (C=O) groups excluding carboxylic acids is 1. The SMILES string of the molecule is Cc1cccc(Nc2sc(-c3ccc(F)cc3F)cc2C(N)=O)n1. The van der Waals surface area contributed by atoms with Crippen LogP contribution in [0, 0.1) is 18.6 Å². The summed E-state index contributed by atoms with van der Waals surface area (Å²) in [6.07, 6.45) is 0. The standard InChI is InChI=1S/C17H13F2N3OS/c1-9-3-2-4-15(21-9)22-17-12(16(20)23)8-14(24-17)11-6-5-10(18)7-13(11)19/h2-8H,1H3,(H2,20,23)(H,21,22). The lowest BCUT2D eigenvalue weighted by Crippen LogP contribution is -2.11. The fourth-order valence-corrected chi connectivity index (χ4v) is 3.32. The minimum absolute atomic E-state index is 0.203. The number of carbonyl (C=O) groups is 1. The molecule has 0 aliphatic carbocycles. The fraction of sp³-hybridized carbons (Fsp3) is 0.0588. The lowest BCUT2D eigenvalue weighted by molar-refractivity contribution is 0.100. The molecule has 24 heavy (non-hydrogen) atoms. The Morgan fingerprint density at radius 1 is 1.21 bits per heavy atom. The molecule has 3 N–H and O–H groups in total. The van der Waals surface area contributed by atoms with Gasteiger partial charge in [-0.3, -0.25) is 4.79 Å². The van der Waals surface area contributed by atoms with E-state index in [1.165, 1.54) is 12.1 Å². The molecule has 2 heterocycles. The van der Waals surface area contributed by atoms with Gasteiger partial charge in [-0.2, -0.15) is 0 Å². The van der Waals surface area contributed by atoms with Crippen molar-refractivity contribution < 1.29 is 13.6 Å². The van der Waals surface area contributed by atoms with E-state index in [0.717, 1.165) is 29.2 Å². The molecule has 0 unspecified atom stereocenters. The number of pyridine rings is 1. The number of primary amides is 1. The summed E-state index contributed by atoms with van der Waals surface area (Å²) in [4.78, 5) is 16.4. The Hall–Kier alpha value is -2.80. The van der Waals surface area contributed by atoms with Crippen molar-refractivity contribution in [2.45, 2.75) is 6.92 Å². The summed E-state index contributed by atoms with van der Waals surface area (Å²) in [5.41, 5.74) is 6.64. The molecule has 1 aromatic carbocycles. The highest BCUT2D eigenvalue weighted by atomic mass is 32.1. The van der Waals surface area contributed by atoms with Crippen molar-refractivity contribution in [2.24, 2.45) is 5.73 Å². The quantitative estimate of drug-likeness (QED) is 0.743. The monoisotopic (exact) mass is 345 g/mol. The van der Waals surface area contributed by atoms with Crippen molar-refractivity contribution in [2.75, 3.05) is 5.32 Å². The van der Waals surface area contributed by atoms with Gasteiger partial charge in [-0.1, -0.05) is 6.07 Å². The fourth-order valence-electron chi connectivity index (χ4n) is 2.22. The number of aromatic nitrogens is 1. The summed E-state index contributed by atoms with van der Waals surface area (Å²) in [7, 11) is 0. The van der Waals surface area contributed by atoms with Gasteiger partial charge in [-0.15, -0.1) is 11.3 Å². The van der Waals surface area contributed by atoms with Gasteiger partial charge < -0.3 is 11.1 Å². The first-order valence-corrected chi connectivity index (χ1v) is 7.85. The van der Waals surface area contributed by atoms with Gasteiger partial charge >= 0.3 is 0 Å². The summed E-state index contributed by atoms with van der Waals surface area (Å²) in [5, 5.41) is 3.48. The Morgan fingerprint density at radius 3 is 2.67 bits per heavy atom. The molecule has 4 nitrogen and oxygen atoms in total. The van der Waals surface area contributed by atoms with E-state index in [2.05, 4.69) is 10.3 Å². The van der Waals surface area contributed by atoms with E-state index in [4.69, 9.17) is 5.73 Å². The van der Waals surface area contributed by atoms with E-state index >= 15 is 0 Å². The second-order valence-corrected chi connectivity index (χ2v) is 6.18. The molecule has 2 aromatic heterocycles. The summed E-state index contributed by atoms with van der Waals surface area (Å²) >= 11 is 1.15. The number of nitrogens with one attached hydrogen (secondary N) is 1. The third-order valence-corrected chi connectivity index (χ3v) is 4.41. The van der Waals surface area contributed by atoms with Crippen LogP contribution in [-0.2, 0) is 0 Å². The van der Waals surface area contributed by atoms with Crippen LogP contribution in [0.2, 0.25) is 0 Å². The Morgan fingerprint density at radius 2 is 2.00 bits per heavy atom. The van der Waals surface area contributed by atoms with Crippen molar-refractivity contribution in [1.29, 1.82) is 0 Å². The lowest BCUT2D eigenvalue weighted by atomic mass is 10.1. The number of nitrogens with zero attached hydrogens (tertiary/aromatic N) is 1. The molecular formula is C17H13F2N3OS. The number of anilines is 2. The molecule has 0 radical (unpaired) electrons. The summed E-state index contributed by atoms with van der Waals surface area (Å²) in [6, 6.07) is 10.2. The van der Waals surface area contributed by atoms with Gasteiger partial charge in [0.25, 0.3) is 5.91 Å². The zero-order valence-electron chi connectivity index (χ0n) is 12.6. The van der Waals surface area contributed by atoms with Crippen molar-refractivity contribution >= 4 is 28.1 Å². The number of aryl methyl sites for hydroxylation is 1. The van der Waals surface area contributed by atoms with Gasteiger partial charge in [-0.25, -0.2) is 13.8 Å². The molecule has 122 valence electrons. The number of nitrogens with two attached hydrogens (primary N) is 1. The van der Waals surface area contributed by atoms with Crippen LogP contribution < -0.4 is 11.1 Å². The molecule has 0 aliphatic rings. The molecule has 0 bridgehead atoms. The summed E-state index contributed by atoms with van der Waals surface area (Å²) in [6.45, 7) is 1.84. The predicted octanol–water partition coefficient (Wildman–Crippen LogP) is 4.24. The van der Waals surface area contributed by atoms with E-state index in [-0.39, 0.29) is 11.1 Å². The Kier molecular flexibility index (Phi) is 4.26. The first-order valence-electron chi connectivity index (χ1n) is 7.04. The average molecular weight is 345 g/mol. The maximum atomic E-state index is 14.0. The molecule has 3 aromatic rings. The van der Waals surface area contributed by atoms with E-state index in [1.807, 2.05) is 19.1 Å². The van der Waals surface area contributed by atoms with Crippen molar-refractivity contribution in [3.63, 3.8) is 0 Å². The van der Waals surface area contributed by atoms with E-state index in [0.29, 0.717) is 15.7 Å². The third kappa shape index (κ3) is 3.26. The topological polar surface area (TPSA) is 68.0 Å². The zero-order valence-corrected chi connectivity index (χ0v) is 13.5. The van der Waals surface area contributed by atoms with Crippen molar-refractivity contribution in [3.05, 3.63) is 65.4 Å².